The first-order valence-electron chi connectivity index (χ1n) is 4.78. The van der Waals surface area contributed by atoms with Gasteiger partial charge in [0.25, 0.3) is 0 Å². The summed E-state index contributed by atoms with van der Waals surface area (Å²) >= 11 is 0. The van der Waals surface area contributed by atoms with Crippen LogP contribution in [0.3, 0.4) is 0 Å². The van der Waals surface area contributed by atoms with E-state index in [0.29, 0.717) is 12.5 Å². The quantitative estimate of drug-likeness (QED) is 0.761. The molecular weight excluding hydrogens is 176 g/mol. The third kappa shape index (κ3) is 1.75. The lowest BCUT2D eigenvalue weighted by atomic mass is 10.1. The zero-order valence-electron chi connectivity index (χ0n) is 8.20. The number of nitrogens with one attached hydrogen (secondary N) is 1. The molecule has 14 heavy (non-hydrogen) atoms. The van der Waals surface area contributed by atoms with Gasteiger partial charge in [0.05, 0.1) is 17.2 Å². The van der Waals surface area contributed by atoms with Crippen molar-refractivity contribution in [1.82, 2.24) is 15.0 Å². The Morgan fingerprint density at radius 2 is 2.43 bits per heavy atom. The van der Waals surface area contributed by atoms with Crippen molar-refractivity contribution >= 4 is 11.0 Å². The third-order valence-electron chi connectivity index (χ3n) is 2.28. The van der Waals surface area contributed by atoms with Crippen LogP contribution in [-0.4, -0.2) is 21.5 Å². The van der Waals surface area contributed by atoms with Gasteiger partial charge in [0.15, 0.2) is 0 Å². The molecule has 0 saturated heterocycles. The maximum Gasteiger partial charge on any atom is 0.107 e. The Kier molecular flexibility index (Phi) is 2.45. The third-order valence-corrected chi connectivity index (χ3v) is 2.28. The van der Waals surface area contributed by atoms with Gasteiger partial charge in [0.1, 0.15) is 5.82 Å². The van der Waals surface area contributed by atoms with E-state index in [2.05, 4.69) is 21.9 Å². The minimum absolute atomic E-state index is 0.462. The van der Waals surface area contributed by atoms with E-state index >= 15 is 0 Å². The van der Waals surface area contributed by atoms with Crippen LogP contribution in [-0.2, 0) is 6.42 Å². The molecule has 0 fully saturated rings. The summed E-state index contributed by atoms with van der Waals surface area (Å²) in [6.45, 7) is 2.81. The van der Waals surface area contributed by atoms with E-state index in [1.807, 2.05) is 6.07 Å². The lowest BCUT2D eigenvalue weighted by molar-refractivity contribution is 0.578. The van der Waals surface area contributed by atoms with Crippen molar-refractivity contribution in [2.24, 2.45) is 11.7 Å². The monoisotopic (exact) mass is 190 g/mol. The standard InChI is InChI=1S/C10H14N4/c1-7(5-11)4-10-13-8-2-3-12-6-9(8)14-10/h2-3,6-7H,4-5,11H2,1H3,(H,13,14). The number of aromatic amines is 1. The fourth-order valence-corrected chi connectivity index (χ4v) is 1.42. The maximum atomic E-state index is 5.56. The van der Waals surface area contributed by atoms with Crippen LogP contribution in [0.5, 0.6) is 0 Å². The van der Waals surface area contributed by atoms with Crippen molar-refractivity contribution in [3.8, 4) is 0 Å². The number of nitrogens with zero attached hydrogens (tertiary/aromatic N) is 2. The average Bonchev–Trinajstić information content (AvgIpc) is 2.59. The van der Waals surface area contributed by atoms with E-state index < -0.39 is 0 Å². The summed E-state index contributed by atoms with van der Waals surface area (Å²) in [6.07, 6.45) is 4.43. The number of hydrogen-bond acceptors (Lipinski definition) is 3. The van der Waals surface area contributed by atoms with Crippen LogP contribution in [0.2, 0.25) is 0 Å². The van der Waals surface area contributed by atoms with Crippen molar-refractivity contribution in [2.45, 2.75) is 13.3 Å². The predicted molar refractivity (Wildman–Crippen MR) is 55.8 cm³/mol. The number of hydrogen-bond donors (Lipinski definition) is 2. The molecule has 0 aliphatic heterocycles. The summed E-state index contributed by atoms with van der Waals surface area (Å²) in [6, 6.07) is 1.91. The molecule has 0 aromatic carbocycles. The van der Waals surface area contributed by atoms with Gasteiger partial charge in [-0.15, -0.1) is 0 Å². The van der Waals surface area contributed by atoms with Crippen molar-refractivity contribution in [3.05, 3.63) is 24.3 Å². The van der Waals surface area contributed by atoms with Crippen molar-refractivity contribution < 1.29 is 0 Å². The minimum atomic E-state index is 0.462. The van der Waals surface area contributed by atoms with Gasteiger partial charge in [-0.2, -0.15) is 0 Å². The maximum absolute atomic E-state index is 5.56. The average molecular weight is 190 g/mol. The van der Waals surface area contributed by atoms with Gasteiger partial charge < -0.3 is 10.7 Å². The van der Waals surface area contributed by atoms with Crippen LogP contribution in [0.4, 0.5) is 0 Å². The minimum Gasteiger partial charge on any atom is -0.341 e. The first-order chi connectivity index (χ1) is 6.79. The first kappa shape index (κ1) is 9.15. The number of nitrogens with two attached hydrogens (primary N) is 1. The van der Waals surface area contributed by atoms with Crippen LogP contribution in [0.25, 0.3) is 11.0 Å². The van der Waals surface area contributed by atoms with E-state index in [-0.39, 0.29) is 0 Å². The molecule has 0 aliphatic rings. The smallest absolute Gasteiger partial charge is 0.107 e. The number of H-pyrrole nitrogens is 1. The predicted octanol–water partition coefficient (Wildman–Crippen LogP) is 1.10. The molecule has 0 radical (unpaired) electrons. The molecule has 0 saturated carbocycles. The van der Waals surface area contributed by atoms with Crippen LogP contribution >= 0.6 is 0 Å². The molecule has 74 valence electrons. The largest absolute Gasteiger partial charge is 0.341 e. The molecule has 2 aromatic rings. The van der Waals surface area contributed by atoms with Crippen LogP contribution in [0, 0.1) is 5.92 Å². The van der Waals surface area contributed by atoms with E-state index in [0.717, 1.165) is 23.3 Å². The van der Waals surface area contributed by atoms with Crippen LogP contribution in [0.1, 0.15) is 12.7 Å². The Hall–Kier alpha value is -1.42. The van der Waals surface area contributed by atoms with E-state index in [1.54, 1.807) is 12.4 Å². The highest BCUT2D eigenvalue weighted by Crippen LogP contribution is 2.11. The Morgan fingerprint density at radius 3 is 3.14 bits per heavy atom. The Bertz CT molecular complexity index is 388. The topological polar surface area (TPSA) is 67.6 Å². The summed E-state index contributed by atoms with van der Waals surface area (Å²) in [5.41, 5.74) is 7.52. The first-order valence-corrected chi connectivity index (χ1v) is 4.78. The fourth-order valence-electron chi connectivity index (χ4n) is 1.42. The van der Waals surface area contributed by atoms with Crippen molar-refractivity contribution in [1.29, 1.82) is 0 Å². The number of rotatable bonds is 3. The SMILES string of the molecule is CC(CN)Cc1nc2ccncc2[nH]1. The number of pyridine rings is 1. The van der Waals surface area contributed by atoms with Gasteiger partial charge in [-0.25, -0.2) is 4.98 Å². The summed E-state index contributed by atoms with van der Waals surface area (Å²) < 4.78 is 0. The van der Waals surface area contributed by atoms with Gasteiger partial charge in [0.2, 0.25) is 0 Å². The molecule has 0 spiro atoms. The molecule has 0 bridgehead atoms. The molecule has 3 N–H and O–H groups in total. The van der Waals surface area contributed by atoms with E-state index in [9.17, 15) is 0 Å². The van der Waals surface area contributed by atoms with Crippen molar-refractivity contribution in [3.63, 3.8) is 0 Å². The van der Waals surface area contributed by atoms with E-state index in [1.165, 1.54) is 0 Å². The van der Waals surface area contributed by atoms with Gasteiger partial charge in [-0.3, -0.25) is 4.98 Å². The highest BCUT2D eigenvalue weighted by Gasteiger charge is 2.05. The van der Waals surface area contributed by atoms with Crippen LogP contribution < -0.4 is 5.73 Å². The zero-order chi connectivity index (χ0) is 9.97. The highest BCUT2D eigenvalue weighted by molar-refractivity contribution is 5.73. The second kappa shape index (κ2) is 3.75. The molecule has 1 unspecified atom stereocenters. The van der Waals surface area contributed by atoms with Gasteiger partial charge >= 0.3 is 0 Å². The lowest BCUT2D eigenvalue weighted by Crippen LogP contribution is -2.13. The summed E-state index contributed by atoms with van der Waals surface area (Å²) in [7, 11) is 0. The Labute approximate surface area is 82.6 Å². The number of aromatic nitrogens is 3. The molecular formula is C10H14N4. The number of imidazole rings is 1. The van der Waals surface area contributed by atoms with Crippen LogP contribution in [0.15, 0.2) is 18.5 Å². The zero-order valence-corrected chi connectivity index (χ0v) is 8.20. The highest BCUT2D eigenvalue weighted by atomic mass is 14.9. The van der Waals surface area contributed by atoms with Crippen molar-refractivity contribution in [2.75, 3.05) is 6.54 Å². The molecule has 0 aliphatic carbocycles. The Morgan fingerprint density at radius 1 is 1.57 bits per heavy atom. The second-order valence-corrected chi connectivity index (χ2v) is 3.62. The molecule has 4 nitrogen and oxygen atoms in total. The second-order valence-electron chi connectivity index (χ2n) is 3.62. The molecule has 2 heterocycles. The molecule has 1 atom stereocenters. The molecule has 2 aromatic heterocycles. The fraction of sp³-hybridized carbons (Fsp3) is 0.400. The van der Waals surface area contributed by atoms with Gasteiger partial charge in [-0.1, -0.05) is 6.92 Å². The van der Waals surface area contributed by atoms with Gasteiger partial charge in [0, 0.05) is 12.6 Å². The summed E-state index contributed by atoms with van der Waals surface area (Å²) in [5, 5.41) is 0. The Balaban J connectivity index is 2.27. The number of fused-ring (bicyclic) bond motifs is 1. The molecule has 4 heteroatoms. The normalized spacial score (nSPS) is 13.3. The lowest BCUT2D eigenvalue weighted by Gasteiger charge is -2.03. The molecule has 2 rings (SSSR count). The van der Waals surface area contributed by atoms with E-state index in [4.69, 9.17) is 5.73 Å². The molecule has 0 amide bonds. The van der Waals surface area contributed by atoms with Gasteiger partial charge in [-0.05, 0) is 18.5 Å². The summed E-state index contributed by atoms with van der Waals surface area (Å²) in [5.74, 6) is 1.45. The summed E-state index contributed by atoms with van der Waals surface area (Å²) in [4.78, 5) is 11.7.